The first-order chi connectivity index (χ1) is 13.6. The third-order valence-corrected chi connectivity index (χ3v) is 5.13. The molecule has 8 heteroatoms. The fourth-order valence-electron chi connectivity index (χ4n) is 2.44. The Bertz CT molecular complexity index is 944. The molecular formula is C20H21FN4O2S. The molecule has 0 atom stereocenters. The zero-order valence-corrected chi connectivity index (χ0v) is 16.5. The van der Waals surface area contributed by atoms with E-state index in [0.29, 0.717) is 11.0 Å². The summed E-state index contributed by atoms with van der Waals surface area (Å²) in [5.74, 6) is 0.729. The van der Waals surface area contributed by atoms with Gasteiger partial charge in [-0.05, 0) is 36.2 Å². The van der Waals surface area contributed by atoms with Gasteiger partial charge in [0.2, 0.25) is 5.91 Å². The largest absolute Gasteiger partial charge is 0.486 e. The van der Waals surface area contributed by atoms with Gasteiger partial charge in [0.1, 0.15) is 18.2 Å². The molecule has 0 bridgehead atoms. The Morgan fingerprint density at radius 3 is 2.64 bits per heavy atom. The summed E-state index contributed by atoms with van der Waals surface area (Å²) in [5.41, 5.74) is 1.41. The third-order valence-electron chi connectivity index (χ3n) is 4.10. The van der Waals surface area contributed by atoms with E-state index in [1.165, 1.54) is 29.5 Å². The van der Waals surface area contributed by atoms with Crippen LogP contribution < -0.4 is 10.1 Å². The molecular weight excluding hydrogens is 379 g/mol. The zero-order chi connectivity index (χ0) is 19.9. The van der Waals surface area contributed by atoms with Crippen LogP contribution >= 0.6 is 11.8 Å². The lowest BCUT2D eigenvalue weighted by Crippen LogP contribution is -2.15. The van der Waals surface area contributed by atoms with Crippen molar-refractivity contribution in [3.8, 4) is 5.75 Å². The minimum atomic E-state index is -0.467. The van der Waals surface area contributed by atoms with Gasteiger partial charge in [0.05, 0.1) is 11.4 Å². The summed E-state index contributed by atoms with van der Waals surface area (Å²) in [6.45, 7) is 2.38. The number of para-hydroxylation sites is 1. The minimum absolute atomic E-state index is 0.0969. The number of amides is 1. The summed E-state index contributed by atoms with van der Waals surface area (Å²) in [7, 11) is 1.82. The second-order valence-electron chi connectivity index (χ2n) is 6.06. The van der Waals surface area contributed by atoms with Crippen molar-refractivity contribution in [1.29, 1.82) is 0 Å². The van der Waals surface area contributed by atoms with E-state index in [2.05, 4.69) is 22.4 Å². The molecule has 1 N–H and O–H groups in total. The van der Waals surface area contributed by atoms with Crippen LogP contribution in [0, 0.1) is 5.82 Å². The van der Waals surface area contributed by atoms with Crippen LogP contribution in [0.25, 0.3) is 0 Å². The number of aromatic nitrogens is 3. The lowest BCUT2D eigenvalue weighted by Gasteiger charge is -2.08. The summed E-state index contributed by atoms with van der Waals surface area (Å²) in [4.78, 5) is 12.0. The first kappa shape index (κ1) is 19.9. The number of nitrogens with one attached hydrogen (secondary N) is 1. The van der Waals surface area contributed by atoms with Crippen LogP contribution in [-0.2, 0) is 24.9 Å². The van der Waals surface area contributed by atoms with Gasteiger partial charge in [0.25, 0.3) is 0 Å². The van der Waals surface area contributed by atoms with E-state index < -0.39 is 5.82 Å². The molecule has 0 spiro atoms. The van der Waals surface area contributed by atoms with Crippen molar-refractivity contribution in [3.63, 3.8) is 0 Å². The van der Waals surface area contributed by atoms with Crippen LogP contribution in [0.4, 0.5) is 10.1 Å². The Morgan fingerprint density at radius 2 is 1.93 bits per heavy atom. The summed E-state index contributed by atoms with van der Waals surface area (Å²) in [5, 5.41) is 11.3. The second-order valence-corrected chi connectivity index (χ2v) is 7.00. The summed E-state index contributed by atoms with van der Waals surface area (Å²) in [6.07, 6.45) is 0.981. The number of carbonyl (C=O) groups is 1. The third kappa shape index (κ3) is 5.10. The predicted octanol–water partition coefficient (Wildman–Crippen LogP) is 3.83. The first-order valence-electron chi connectivity index (χ1n) is 8.84. The van der Waals surface area contributed by atoms with Gasteiger partial charge in [0.15, 0.2) is 11.0 Å². The van der Waals surface area contributed by atoms with Gasteiger partial charge in [-0.3, -0.25) is 4.79 Å². The Morgan fingerprint density at radius 1 is 1.18 bits per heavy atom. The number of benzene rings is 2. The molecule has 0 fully saturated rings. The van der Waals surface area contributed by atoms with Crippen molar-refractivity contribution in [3.05, 3.63) is 65.7 Å². The molecule has 1 amide bonds. The van der Waals surface area contributed by atoms with Gasteiger partial charge in [-0.25, -0.2) is 4.39 Å². The Hall–Kier alpha value is -2.87. The van der Waals surface area contributed by atoms with Gasteiger partial charge in [-0.2, -0.15) is 0 Å². The highest BCUT2D eigenvalue weighted by molar-refractivity contribution is 7.99. The maximum atomic E-state index is 13.6. The lowest BCUT2D eigenvalue weighted by molar-refractivity contribution is -0.113. The molecule has 0 radical (unpaired) electrons. The topological polar surface area (TPSA) is 69.0 Å². The Balaban J connectivity index is 1.52. The number of thioether (sulfide) groups is 1. The number of rotatable bonds is 8. The maximum Gasteiger partial charge on any atom is 0.234 e. The van der Waals surface area contributed by atoms with Crippen molar-refractivity contribution in [2.45, 2.75) is 25.1 Å². The van der Waals surface area contributed by atoms with Gasteiger partial charge >= 0.3 is 0 Å². The molecule has 0 saturated carbocycles. The van der Waals surface area contributed by atoms with Crippen LogP contribution in [0.1, 0.15) is 18.3 Å². The van der Waals surface area contributed by atoms with Crippen LogP contribution in [-0.4, -0.2) is 26.4 Å². The molecule has 6 nitrogen and oxygen atoms in total. The molecule has 0 saturated heterocycles. The lowest BCUT2D eigenvalue weighted by atomic mass is 10.2. The second kappa shape index (κ2) is 9.36. The fourth-order valence-corrected chi connectivity index (χ4v) is 3.17. The van der Waals surface area contributed by atoms with Crippen molar-refractivity contribution in [2.75, 3.05) is 11.1 Å². The number of nitrogens with zero attached hydrogens (tertiary/aromatic N) is 3. The van der Waals surface area contributed by atoms with Crippen LogP contribution in [0.2, 0.25) is 0 Å². The smallest absolute Gasteiger partial charge is 0.234 e. The van der Waals surface area contributed by atoms with E-state index in [1.54, 1.807) is 16.7 Å². The molecule has 0 aliphatic heterocycles. The molecule has 28 heavy (non-hydrogen) atoms. The van der Waals surface area contributed by atoms with Crippen molar-refractivity contribution < 1.29 is 13.9 Å². The quantitative estimate of drug-likeness (QED) is 0.582. The van der Waals surface area contributed by atoms with Crippen LogP contribution in [0.15, 0.2) is 53.7 Å². The van der Waals surface area contributed by atoms with Crippen LogP contribution in [0.5, 0.6) is 5.75 Å². The molecule has 1 aromatic heterocycles. The van der Waals surface area contributed by atoms with E-state index in [4.69, 9.17) is 4.74 Å². The van der Waals surface area contributed by atoms with Crippen molar-refractivity contribution in [1.82, 2.24) is 14.8 Å². The van der Waals surface area contributed by atoms with E-state index in [1.807, 2.05) is 31.3 Å². The summed E-state index contributed by atoms with van der Waals surface area (Å²) >= 11 is 1.23. The average Bonchev–Trinajstić information content (AvgIpc) is 3.06. The number of hydrogen-bond acceptors (Lipinski definition) is 5. The molecule has 146 valence electrons. The molecule has 1 heterocycles. The Kier molecular flexibility index (Phi) is 6.65. The molecule has 0 unspecified atom stereocenters. The number of carbonyl (C=O) groups excluding carboxylic acids is 1. The fraction of sp³-hybridized carbons (Fsp3) is 0.250. The highest BCUT2D eigenvalue weighted by atomic mass is 32.2. The highest BCUT2D eigenvalue weighted by Gasteiger charge is 2.13. The van der Waals surface area contributed by atoms with Gasteiger partial charge < -0.3 is 14.6 Å². The summed E-state index contributed by atoms with van der Waals surface area (Å²) < 4.78 is 21.1. The molecule has 2 aromatic carbocycles. The number of aryl methyl sites for hydroxylation is 1. The number of halogens is 1. The van der Waals surface area contributed by atoms with E-state index in [0.717, 1.165) is 12.2 Å². The molecule has 3 aromatic rings. The average molecular weight is 400 g/mol. The SMILES string of the molecule is CCc1ccc(OCc2nnc(SCC(=O)Nc3ccccc3F)n2C)cc1. The number of hydrogen-bond donors (Lipinski definition) is 1. The Labute approximate surface area is 167 Å². The van der Waals surface area contributed by atoms with Crippen molar-refractivity contribution >= 4 is 23.4 Å². The zero-order valence-electron chi connectivity index (χ0n) is 15.7. The molecule has 3 rings (SSSR count). The number of ether oxygens (including phenoxy) is 1. The maximum absolute atomic E-state index is 13.6. The van der Waals surface area contributed by atoms with Gasteiger partial charge in [-0.15, -0.1) is 10.2 Å². The standard InChI is InChI=1S/C20H21FN4O2S/c1-3-14-8-10-15(11-9-14)27-12-18-23-24-20(25(18)2)28-13-19(26)22-17-7-5-4-6-16(17)21/h4-11H,3,12-13H2,1-2H3,(H,22,26). The minimum Gasteiger partial charge on any atom is -0.486 e. The molecule has 0 aliphatic rings. The van der Waals surface area contributed by atoms with E-state index in [9.17, 15) is 9.18 Å². The highest BCUT2D eigenvalue weighted by Crippen LogP contribution is 2.19. The van der Waals surface area contributed by atoms with Crippen LogP contribution in [0.3, 0.4) is 0 Å². The summed E-state index contributed by atoms with van der Waals surface area (Å²) in [6, 6.07) is 14.0. The van der Waals surface area contributed by atoms with E-state index >= 15 is 0 Å². The van der Waals surface area contributed by atoms with E-state index in [-0.39, 0.29) is 24.0 Å². The monoisotopic (exact) mass is 400 g/mol. The van der Waals surface area contributed by atoms with Gasteiger partial charge in [0, 0.05) is 7.05 Å². The van der Waals surface area contributed by atoms with Crippen molar-refractivity contribution in [2.24, 2.45) is 7.05 Å². The normalized spacial score (nSPS) is 10.7. The first-order valence-corrected chi connectivity index (χ1v) is 9.82. The predicted molar refractivity (Wildman–Crippen MR) is 107 cm³/mol. The number of anilines is 1. The molecule has 0 aliphatic carbocycles. The van der Waals surface area contributed by atoms with Gasteiger partial charge in [-0.1, -0.05) is 43.0 Å².